The van der Waals surface area contributed by atoms with Crippen molar-refractivity contribution in [2.75, 3.05) is 18.5 Å². The average Bonchev–Trinajstić information content (AvgIpc) is 2.45. The third-order valence-corrected chi connectivity index (χ3v) is 3.02. The molecule has 2 rings (SSSR count). The number of benzene rings is 2. The second-order valence-electron chi connectivity index (χ2n) is 4.52. The maximum absolute atomic E-state index is 9.13. The van der Waals surface area contributed by atoms with Crippen molar-refractivity contribution in [2.24, 2.45) is 0 Å². The number of anilines is 1. The van der Waals surface area contributed by atoms with Crippen LogP contribution in [0.4, 0.5) is 5.69 Å². The molecule has 3 heteroatoms. The minimum absolute atomic E-state index is 0.233. The quantitative estimate of drug-likeness (QED) is 0.887. The van der Waals surface area contributed by atoms with E-state index in [9.17, 15) is 0 Å². The van der Waals surface area contributed by atoms with E-state index in [-0.39, 0.29) is 6.04 Å². The zero-order valence-electron chi connectivity index (χ0n) is 11.3. The average molecular weight is 254 g/mol. The molecule has 0 aliphatic heterocycles. The lowest BCUT2D eigenvalue weighted by atomic mass is 10.0. The minimum Gasteiger partial charge on any atom is -0.380 e. The van der Waals surface area contributed by atoms with Gasteiger partial charge in [-0.05, 0) is 26.0 Å². The third kappa shape index (κ3) is 3.04. The van der Waals surface area contributed by atoms with Crippen LogP contribution in [0.2, 0.25) is 0 Å². The molecule has 19 heavy (non-hydrogen) atoms. The molecule has 0 aromatic heterocycles. The number of nitriles is 1. The summed E-state index contributed by atoms with van der Waals surface area (Å²) in [5, 5.41) is 14.6. The van der Waals surface area contributed by atoms with Gasteiger partial charge in [0.15, 0.2) is 0 Å². The topological polar surface area (TPSA) is 45.0 Å². The molecule has 0 radical (unpaired) electrons. The molecule has 0 saturated carbocycles. The first kappa shape index (κ1) is 13.4. The zero-order valence-corrected chi connectivity index (χ0v) is 11.3. The maximum Gasteiger partial charge on any atom is 0.0998 e. The number of nitrogens with zero attached hydrogens (tertiary/aromatic N) is 1. The molecule has 0 amide bonds. The van der Waals surface area contributed by atoms with Crippen molar-refractivity contribution in [3.05, 3.63) is 42.0 Å². The van der Waals surface area contributed by atoms with Crippen LogP contribution >= 0.6 is 0 Å². The Hall–Kier alpha value is -2.05. The Labute approximate surface area is 113 Å². The summed E-state index contributed by atoms with van der Waals surface area (Å²) in [7, 11) is 0. The first-order chi connectivity index (χ1) is 9.26. The van der Waals surface area contributed by atoms with Gasteiger partial charge in [-0.2, -0.15) is 5.26 Å². The Bertz CT molecular complexity index is 601. The second-order valence-corrected chi connectivity index (χ2v) is 4.52. The molecule has 98 valence electrons. The Morgan fingerprint density at radius 2 is 1.95 bits per heavy atom. The van der Waals surface area contributed by atoms with Gasteiger partial charge in [0.25, 0.3) is 0 Å². The van der Waals surface area contributed by atoms with Crippen LogP contribution in [0, 0.1) is 11.3 Å². The van der Waals surface area contributed by atoms with E-state index in [0.29, 0.717) is 12.2 Å². The van der Waals surface area contributed by atoms with Crippen molar-refractivity contribution < 1.29 is 4.74 Å². The van der Waals surface area contributed by atoms with Gasteiger partial charge in [-0.3, -0.25) is 0 Å². The molecule has 0 aliphatic carbocycles. The van der Waals surface area contributed by atoms with E-state index in [0.717, 1.165) is 23.1 Å². The van der Waals surface area contributed by atoms with Gasteiger partial charge in [0.1, 0.15) is 0 Å². The first-order valence-electron chi connectivity index (χ1n) is 6.52. The fraction of sp³-hybridized carbons (Fsp3) is 0.312. The second kappa shape index (κ2) is 6.21. The maximum atomic E-state index is 9.13. The lowest BCUT2D eigenvalue weighted by Gasteiger charge is -2.17. The standard InChI is InChI=1S/C16H18N2O/c1-3-19-11-12(2)18-16-9-8-13(10-17)14-6-4-5-7-15(14)16/h4-9,12,18H,3,11H2,1-2H3. The molecular weight excluding hydrogens is 236 g/mol. The van der Waals surface area contributed by atoms with Crippen LogP contribution in [0.25, 0.3) is 10.8 Å². The van der Waals surface area contributed by atoms with Gasteiger partial charge in [0, 0.05) is 29.1 Å². The highest BCUT2D eigenvalue weighted by molar-refractivity contribution is 5.97. The van der Waals surface area contributed by atoms with Gasteiger partial charge >= 0.3 is 0 Å². The first-order valence-corrected chi connectivity index (χ1v) is 6.52. The van der Waals surface area contributed by atoms with Crippen LogP contribution in [-0.4, -0.2) is 19.3 Å². The minimum atomic E-state index is 0.233. The van der Waals surface area contributed by atoms with Gasteiger partial charge in [0.05, 0.1) is 18.2 Å². The SMILES string of the molecule is CCOCC(C)Nc1ccc(C#N)c2ccccc12. The van der Waals surface area contributed by atoms with E-state index in [1.54, 1.807) is 0 Å². The number of ether oxygens (including phenoxy) is 1. The van der Waals surface area contributed by atoms with E-state index in [1.165, 1.54) is 0 Å². The van der Waals surface area contributed by atoms with Crippen molar-refractivity contribution >= 4 is 16.5 Å². The summed E-state index contributed by atoms with van der Waals surface area (Å²) in [6.45, 7) is 5.47. The zero-order chi connectivity index (χ0) is 13.7. The number of hydrogen-bond acceptors (Lipinski definition) is 3. The lowest BCUT2D eigenvalue weighted by Crippen LogP contribution is -2.21. The van der Waals surface area contributed by atoms with Gasteiger partial charge in [-0.25, -0.2) is 0 Å². The highest BCUT2D eigenvalue weighted by Gasteiger charge is 2.07. The van der Waals surface area contributed by atoms with E-state index in [2.05, 4.69) is 18.3 Å². The monoisotopic (exact) mass is 254 g/mol. The van der Waals surface area contributed by atoms with Crippen molar-refractivity contribution in [3.8, 4) is 6.07 Å². The predicted octanol–water partition coefficient (Wildman–Crippen LogP) is 3.55. The summed E-state index contributed by atoms with van der Waals surface area (Å²) in [5.41, 5.74) is 1.75. The van der Waals surface area contributed by atoms with E-state index >= 15 is 0 Å². The third-order valence-electron chi connectivity index (χ3n) is 3.02. The molecule has 2 aromatic carbocycles. The Kier molecular flexibility index (Phi) is 4.38. The van der Waals surface area contributed by atoms with E-state index in [4.69, 9.17) is 10.00 Å². The normalized spacial score (nSPS) is 12.1. The smallest absolute Gasteiger partial charge is 0.0998 e. The van der Waals surface area contributed by atoms with Crippen molar-refractivity contribution in [2.45, 2.75) is 19.9 Å². The summed E-state index contributed by atoms with van der Waals surface area (Å²) in [6.07, 6.45) is 0. The molecule has 0 fully saturated rings. The molecule has 0 aliphatic rings. The van der Waals surface area contributed by atoms with Crippen LogP contribution < -0.4 is 5.32 Å². The Balaban J connectivity index is 2.32. The van der Waals surface area contributed by atoms with Crippen LogP contribution in [0.5, 0.6) is 0 Å². The molecule has 1 N–H and O–H groups in total. The molecule has 0 spiro atoms. The largest absolute Gasteiger partial charge is 0.380 e. The Morgan fingerprint density at radius 3 is 2.63 bits per heavy atom. The predicted molar refractivity (Wildman–Crippen MR) is 78.2 cm³/mol. The van der Waals surface area contributed by atoms with Crippen LogP contribution in [-0.2, 0) is 4.74 Å². The summed E-state index contributed by atoms with van der Waals surface area (Å²) in [6, 6.07) is 14.2. The highest BCUT2D eigenvalue weighted by Crippen LogP contribution is 2.26. The van der Waals surface area contributed by atoms with E-state index in [1.807, 2.05) is 43.3 Å². The van der Waals surface area contributed by atoms with Crippen molar-refractivity contribution in [3.63, 3.8) is 0 Å². The van der Waals surface area contributed by atoms with Crippen LogP contribution in [0.3, 0.4) is 0 Å². The fourth-order valence-corrected chi connectivity index (χ4v) is 2.12. The molecule has 1 atom stereocenters. The van der Waals surface area contributed by atoms with Gasteiger partial charge in [0.2, 0.25) is 0 Å². The molecule has 3 nitrogen and oxygen atoms in total. The number of fused-ring (bicyclic) bond motifs is 1. The van der Waals surface area contributed by atoms with Gasteiger partial charge < -0.3 is 10.1 Å². The number of hydrogen-bond donors (Lipinski definition) is 1. The molecule has 0 saturated heterocycles. The lowest BCUT2D eigenvalue weighted by molar-refractivity contribution is 0.141. The fourth-order valence-electron chi connectivity index (χ4n) is 2.12. The molecular formula is C16H18N2O. The number of nitrogens with one attached hydrogen (secondary N) is 1. The van der Waals surface area contributed by atoms with Gasteiger partial charge in [-0.15, -0.1) is 0 Å². The van der Waals surface area contributed by atoms with Crippen molar-refractivity contribution in [1.82, 2.24) is 0 Å². The van der Waals surface area contributed by atoms with E-state index < -0.39 is 0 Å². The highest BCUT2D eigenvalue weighted by atomic mass is 16.5. The summed E-state index contributed by atoms with van der Waals surface area (Å²) in [5.74, 6) is 0. The van der Waals surface area contributed by atoms with Gasteiger partial charge in [-0.1, -0.05) is 24.3 Å². The van der Waals surface area contributed by atoms with Crippen LogP contribution in [0.1, 0.15) is 19.4 Å². The molecule has 0 heterocycles. The molecule has 2 aromatic rings. The van der Waals surface area contributed by atoms with Crippen LogP contribution in [0.15, 0.2) is 36.4 Å². The molecule has 1 unspecified atom stereocenters. The summed E-state index contributed by atoms with van der Waals surface area (Å²) >= 11 is 0. The summed E-state index contributed by atoms with van der Waals surface area (Å²) < 4.78 is 5.41. The van der Waals surface area contributed by atoms with Crippen molar-refractivity contribution in [1.29, 1.82) is 5.26 Å². The Morgan fingerprint density at radius 1 is 1.21 bits per heavy atom. The summed E-state index contributed by atoms with van der Waals surface area (Å²) in [4.78, 5) is 0. The number of rotatable bonds is 5. The molecule has 0 bridgehead atoms.